The number of aromatic nitrogens is 4. The molecule has 6 nitrogen and oxygen atoms in total. The molecule has 1 atom stereocenters. The molecule has 0 saturated carbocycles. The molecule has 0 aliphatic carbocycles. The average molecular weight is 245 g/mol. The molecule has 0 amide bonds. The molecule has 1 N–H and O–H groups in total. The highest BCUT2D eigenvalue weighted by Gasteiger charge is 2.18. The number of anilines is 1. The van der Waals surface area contributed by atoms with Crippen LogP contribution in [0.15, 0.2) is 24.7 Å². The summed E-state index contributed by atoms with van der Waals surface area (Å²) in [6.07, 6.45) is 3.01. The Kier molecular flexibility index (Phi) is 2.71. The van der Waals surface area contributed by atoms with E-state index in [4.69, 9.17) is 0 Å². The lowest BCUT2D eigenvalue weighted by Crippen LogP contribution is -2.34. The molecule has 18 heavy (non-hydrogen) atoms. The van der Waals surface area contributed by atoms with Gasteiger partial charge in [0.15, 0.2) is 5.82 Å². The van der Waals surface area contributed by atoms with Crippen LogP contribution in [0.2, 0.25) is 0 Å². The highest BCUT2D eigenvalue weighted by molar-refractivity contribution is 5.40. The van der Waals surface area contributed by atoms with Gasteiger partial charge in [0.25, 0.3) is 0 Å². The number of pyridine rings is 1. The normalized spacial score (nSPS) is 16.4. The lowest BCUT2D eigenvalue weighted by Gasteiger charge is -2.28. The Hall–Kier alpha value is -1.95. The van der Waals surface area contributed by atoms with E-state index in [1.165, 1.54) is 0 Å². The first-order chi connectivity index (χ1) is 8.74. The fourth-order valence-corrected chi connectivity index (χ4v) is 2.09. The van der Waals surface area contributed by atoms with Gasteiger partial charge in [0.1, 0.15) is 12.1 Å². The van der Waals surface area contributed by atoms with Crippen molar-refractivity contribution in [1.29, 1.82) is 0 Å². The Morgan fingerprint density at radius 3 is 2.94 bits per heavy atom. The molecule has 1 aliphatic rings. The fourth-order valence-electron chi connectivity index (χ4n) is 2.09. The lowest BCUT2D eigenvalue weighted by atomic mass is 10.2. The maximum Gasteiger partial charge on any atom is 0.152 e. The van der Waals surface area contributed by atoms with E-state index in [1.807, 2.05) is 12.1 Å². The number of rotatable bonds is 2. The number of fused-ring (bicyclic) bond motifs is 1. The van der Waals surface area contributed by atoms with Crippen molar-refractivity contribution in [3.63, 3.8) is 0 Å². The average Bonchev–Trinajstić information content (AvgIpc) is 2.86. The Labute approximate surface area is 105 Å². The molecule has 1 aliphatic heterocycles. The molecule has 2 aromatic rings. The van der Waals surface area contributed by atoms with Crippen LogP contribution in [0.4, 0.5) is 5.82 Å². The molecule has 3 heterocycles. The van der Waals surface area contributed by atoms with Gasteiger partial charge in [-0.15, -0.1) is 10.2 Å². The Morgan fingerprint density at radius 2 is 2.22 bits per heavy atom. The molecule has 0 saturated heterocycles. The zero-order valence-corrected chi connectivity index (χ0v) is 10.2. The van der Waals surface area contributed by atoms with Crippen LogP contribution in [0.1, 0.15) is 24.4 Å². The number of hydrogen-bond acceptors (Lipinski definition) is 5. The van der Waals surface area contributed by atoms with Crippen LogP contribution in [-0.4, -0.2) is 31.4 Å². The van der Waals surface area contributed by atoms with Crippen LogP contribution in [0.3, 0.4) is 0 Å². The Bertz CT molecular complexity index is 534. The molecular formula is C12H15N5O. The SMILES string of the molecule is CC(O)c1ccc(N2CCn3cnnc3C2)nc1. The van der Waals surface area contributed by atoms with Crippen molar-refractivity contribution in [3.8, 4) is 0 Å². The maximum atomic E-state index is 9.45. The summed E-state index contributed by atoms with van der Waals surface area (Å²) in [5.74, 6) is 1.87. The van der Waals surface area contributed by atoms with Crippen molar-refractivity contribution in [2.75, 3.05) is 11.4 Å². The van der Waals surface area contributed by atoms with Crippen LogP contribution in [0, 0.1) is 0 Å². The molecule has 3 rings (SSSR count). The van der Waals surface area contributed by atoms with Gasteiger partial charge < -0.3 is 14.6 Å². The molecule has 0 radical (unpaired) electrons. The number of aliphatic hydroxyl groups excluding tert-OH is 1. The van der Waals surface area contributed by atoms with Gasteiger partial charge in [-0.3, -0.25) is 0 Å². The van der Waals surface area contributed by atoms with E-state index in [1.54, 1.807) is 19.4 Å². The summed E-state index contributed by atoms with van der Waals surface area (Å²) in [5, 5.41) is 17.4. The Morgan fingerprint density at radius 1 is 1.33 bits per heavy atom. The smallest absolute Gasteiger partial charge is 0.152 e. The zero-order chi connectivity index (χ0) is 12.5. The van der Waals surface area contributed by atoms with Crippen LogP contribution < -0.4 is 4.90 Å². The van der Waals surface area contributed by atoms with Crippen LogP contribution >= 0.6 is 0 Å². The van der Waals surface area contributed by atoms with Crippen molar-refractivity contribution in [1.82, 2.24) is 19.7 Å². The third-order valence-corrected chi connectivity index (χ3v) is 3.22. The van der Waals surface area contributed by atoms with E-state index in [0.29, 0.717) is 0 Å². The third kappa shape index (κ3) is 1.95. The van der Waals surface area contributed by atoms with Crippen molar-refractivity contribution in [2.45, 2.75) is 26.1 Å². The van der Waals surface area contributed by atoms with E-state index in [2.05, 4.69) is 24.6 Å². The van der Waals surface area contributed by atoms with E-state index in [9.17, 15) is 5.11 Å². The second-order valence-electron chi connectivity index (χ2n) is 4.49. The largest absolute Gasteiger partial charge is 0.389 e. The molecule has 94 valence electrons. The van der Waals surface area contributed by atoms with Gasteiger partial charge in [-0.25, -0.2) is 4.98 Å². The number of nitrogens with zero attached hydrogens (tertiary/aromatic N) is 5. The summed E-state index contributed by atoms with van der Waals surface area (Å²) in [7, 11) is 0. The predicted octanol–water partition coefficient (Wildman–Crippen LogP) is 0.747. The van der Waals surface area contributed by atoms with Crippen LogP contribution in [0.25, 0.3) is 0 Å². The third-order valence-electron chi connectivity index (χ3n) is 3.22. The molecule has 0 bridgehead atoms. The van der Waals surface area contributed by atoms with Crippen LogP contribution in [0.5, 0.6) is 0 Å². The van der Waals surface area contributed by atoms with Gasteiger partial charge >= 0.3 is 0 Å². The second-order valence-corrected chi connectivity index (χ2v) is 4.49. The summed E-state index contributed by atoms with van der Waals surface area (Å²) < 4.78 is 2.06. The van der Waals surface area contributed by atoms with Crippen molar-refractivity contribution in [3.05, 3.63) is 36.0 Å². The summed E-state index contributed by atoms with van der Waals surface area (Å²) in [6, 6.07) is 3.85. The predicted molar refractivity (Wildman–Crippen MR) is 65.9 cm³/mol. The molecular weight excluding hydrogens is 230 g/mol. The summed E-state index contributed by atoms with van der Waals surface area (Å²) >= 11 is 0. The monoisotopic (exact) mass is 245 g/mol. The lowest BCUT2D eigenvalue weighted by molar-refractivity contribution is 0.199. The van der Waals surface area contributed by atoms with Gasteiger partial charge in [-0.1, -0.05) is 6.07 Å². The summed E-state index contributed by atoms with van der Waals surface area (Å²) in [5.41, 5.74) is 0.832. The summed E-state index contributed by atoms with van der Waals surface area (Å²) in [6.45, 7) is 4.23. The minimum Gasteiger partial charge on any atom is -0.389 e. The van der Waals surface area contributed by atoms with E-state index >= 15 is 0 Å². The quantitative estimate of drug-likeness (QED) is 0.845. The van der Waals surface area contributed by atoms with Gasteiger partial charge in [0.2, 0.25) is 0 Å². The minimum atomic E-state index is -0.476. The van der Waals surface area contributed by atoms with E-state index in [-0.39, 0.29) is 0 Å². The molecule has 0 aromatic carbocycles. The standard InChI is InChI=1S/C12H15N5O/c1-9(18)10-2-3-11(13-6-10)16-4-5-17-8-14-15-12(17)7-16/h2-3,6,8-9,18H,4-5,7H2,1H3. The molecule has 1 unspecified atom stereocenters. The van der Waals surface area contributed by atoms with Gasteiger partial charge in [0.05, 0.1) is 12.6 Å². The van der Waals surface area contributed by atoms with Crippen molar-refractivity contribution >= 4 is 5.82 Å². The maximum absolute atomic E-state index is 9.45. The first kappa shape index (κ1) is 11.2. The molecule has 0 fully saturated rings. The van der Waals surface area contributed by atoms with Crippen molar-refractivity contribution < 1.29 is 5.11 Å². The van der Waals surface area contributed by atoms with Crippen molar-refractivity contribution in [2.24, 2.45) is 0 Å². The first-order valence-corrected chi connectivity index (χ1v) is 5.99. The fraction of sp³-hybridized carbons (Fsp3) is 0.417. The topological polar surface area (TPSA) is 67.1 Å². The summed E-state index contributed by atoms with van der Waals surface area (Å²) in [4.78, 5) is 6.55. The first-order valence-electron chi connectivity index (χ1n) is 5.99. The second kappa shape index (κ2) is 4.38. The number of aliphatic hydroxyl groups is 1. The highest BCUT2D eigenvalue weighted by atomic mass is 16.3. The van der Waals surface area contributed by atoms with E-state index < -0.39 is 6.10 Å². The van der Waals surface area contributed by atoms with E-state index in [0.717, 1.165) is 36.8 Å². The Balaban J connectivity index is 1.80. The van der Waals surface area contributed by atoms with Gasteiger partial charge in [-0.2, -0.15) is 0 Å². The highest BCUT2D eigenvalue weighted by Crippen LogP contribution is 2.19. The van der Waals surface area contributed by atoms with Crippen LogP contribution in [-0.2, 0) is 13.1 Å². The van der Waals surface area contributed by atoms with Gasteiger partial charge in [0, 0.05) is 19.3 Å². The zero-order valence-electron chi connectivity index (χ0n) is 10.2. The minimum absolute atomic E-state index is 0.476. The molecule has 6 heteroatoms. The van der Waals surface area contributed by atoms with Gasteiger partial charge in [-0.05, 0) is 18.6 Å². The molecule has 2 aromatic heterocycles. The number of hydrogen-bond donors (Lipinski definition) is 1. The molecule has 0 spiro atoms.